The molecule has 0 spiro atoms. The van der Waals surface area contributed by atoms with Gasteiger partial charge in [0.2, 0.25) is 0 Å². The molecular weight excluding hydrogens is 262 g/mol. The molecule has 3 nitrogen and oxygen atoms in total. The van der Waals surface area contributed by atoms with Gasteiger partial charge < -0.3 is 10.0 Å². The van der Waals surface area contributed by atoms with Crippen molar-refractivity contribution in [2.75, 3.05) is 18.1 Å². The van der Waals surface area contributed by atoms with Gasteiger partial charge in [-0.1, -0.05) is 25.4 Å². The monoisotopic (exact) mass is 283 g/mol. The molecule has 1 rings (SSSR count). The minimum absolute atomic E-state index is 0.0345. The third-order valence-corrected chi connectivity index (χ3v) is 3.70. The zero-order valence-corrected chi connectivity index (χ0v) is 12.6. The van der Waals surface area contributed by atoms with Crippen LogP contribution < -0.4 is 4.90 Å². The number of Topliss-reactive ketones (excluding diaryl/α,β-unsaturated/α-hetero) is 1. The van der Waals surface area contributed by atoms with Crippen LogP contribution in [0.2, 0.25) is 5.02 Å². The molecule has 0 atom stereocenters. The topological polar surface area (TPSA) is 40.5 Å². The molecule has 1 aromatic rings. The fourth-order valence-corrected chi connectivity index (χ4v) is 2.64. The lowest BCUT2D eigenvalue weighted by molar-refractivity contribution is 0.101. The number of rotatable bonds is 7. The Balaban J connectivity index is 3.09. The van der Waals surface area contributed by atoms with Crippen LogP contribution in [0, 0.1) is 0 Å². The molecule has 0 aliphatic carbocycles. The molecule has 1 N–H and O–H groups in total. The van der Waals surface area contributed by atoms with Crippen molar-refractivity contribution in [3.63, 3.8) is 0 Å². The molecule has 0 amide bonds. The minimum Gasteiger partial charge on any atom is -0.395 e. The molecule has 0 heterocycles. The van der Waals surface area contributed by atoms with Gasteiger partial charge >= 0.3 is 0 Å². The summed E-state index contributed by atoms with van der Waals surface area (Å²) in [5.41, 5.74) is 1.50. The van der Waals surface area contributed by atoms with E-state index in [2.05, 4.69) is 18.7 Å². The number of hydrogen-bond donors (Lipinski definition) is 1. The fourth-order valence-electron chi connectivity index (χ4n) is 2.33. The minimum atomic E-state index is -0.0345. The van der Waals surface area contributed by atoms with Crippen LogP contribution in [0.3, 0.4) is 0 Å². The van der Waals surface area contributed by atoms with Gasteiger partial charge in [-0.2, -0.15) is 0 Å². The first-order valence-electron chi connectivity index (χ1n) is 6.73. The Bertz CT molecular complexity index is 430. The molecule has 0 fully saturated rings. The lowest BCUT2D eigenvalue weighted by Crippen LogP contribution is -2.36. The predicted octanol–water partition coefficient (Wildman–Crippen LogP) is 3.53. The Labute approximate surface area is 120 Å². The summed E-state index contributed by atoms with van der Waals surface area (Å²) in [6.45, 7) is 6.44. The molecule has 0 radical (unpaired) electrons. The van der Waals surface area contributed by atoms with Crippen LogP contribution >= 0.6 is 11.6 Å². The fraction of sp³-hybridized carbons (Fsp3) is 0.533. The van der Waals surface area contributed by atoms with Crippen LogP contribution in [0.1, 0.15) is 44.0 Å². The average Bonchev–Trinajstić information content (AvgIpc) is 2.38. The van der Waals surface area contributed by atoms with Gasteiger partial charge in [0.15, 0.2) is 5.78 Å². The van der Waals surface area contributed by atoms with E-state index in [1.54, 1.807) is 6.07 Å². The number of carbonyl (C=O) groups excluding carboxylic acids is 1. The highest BCUT2D eigenvalue weighted by Crippen LogP contribution is 2.26. The van der Waals surface area contributed by atoms with E-state index in [-0.39, 0.29) is 12.4 Å². The van der Waals surface area contributed by atoms with Crippen LogP contribution in [0.5, 0.6) is 0 Å². The number of carbonyl (C=O) groups is 1. The normalized spacial score (nSPS) is 10.8. The predicted molar refractivity (Wildman–Crippen MR) is 80.3 cm³/mol. The van der Waals surface area contributed by atoms with E-state index in [0.717, 1.165) is 18.5 Å². The Morgan fingerprint density at radius 1 is 1.37 bits per heavy atom. The third-order valence-electron chi connectivity index (χ3n) is 3.39. The van der Waals surface area contributed by atoms with Crippen molar-refractivity contribution in [2.24, 2.45) is 0 Å². The van der Waals surface area contributed by atoms with Crippen molar-refractivity contribution in [1.29, 1.82) is 0 Å². The van der Waals surface area contributed by atoms with Crippen LogP contribution in [0.25, 0.3) is 0 Å². The van der Waals surface area contributed by atoms with E-state index in [1.165, 1.54) is 6.92 Å². The number of ketones is 1. The van der Waals surface area contributed by atoms with Crippen LogP contribution in [-0.2, 0) is 0 Å². The SMILES string of the molecule is CCC(CC)N(CCO)c1ccc(C(C)=O)c(Cl)c1. The molecule has 106 valence electrons. The summed E-state index contributed by atoms with van der Waals surface area (Å²) < 4.78 is 0. The Kier molecular flexibility index (Phi) is 6.32. The van der Waals surface area contributed by atoms with Crippen molar-refractivity contribution < 1.29 is 9.90 Å². The molecular formula is C15H22ClNO2. The first kappa shape index (κ1) is 16.0. The summed E-state index contributed by atoms with van der Waals surface area (Å²) in [6, 6.07) is 5.83. The summed E-state index contributed by atoms with van der Waals surface area (Å²) in [6.07, 6.45) is 2.01. The third kappa shape index (κ3) is 3.95. The maximum absolute atomic E-state index is 11.4. The molecule has 19 heavy (non-hydrogen) atoms. The molecule has 0 aliphatic heterocycles. The molecule has 0 bridgehead atoms. The van der Waals surface area contributed by atoms with Crippen LogP contribution in [0.4, 0.5) is 5.69 Å². The molecule has 0 aliphatic rings. The molecule has 4 heteroatoms. The average molecular weight is 284 g/mol. The first-order valence-corrected chi connectivity index (χ1v) is 7.10. The van der Waals surface area contributed by atoms with E-state index in [0.29, 0.717) is 23.2 Å². The Hall–Kier alpha value is -1.06. The van der Waals surface area contributed by atoms with Gasteiger partial charge in [-0.05, 0) is 38.0 Å². The Morgan fingerprint density at radius 3 is 2.42 bits per heavy atom. The lowest BCUT2D eigenvalue weighted by Gasteiger charge is -2.32. The van der Waals surface area contributed by atoms with Gasteiger partial charge in [0.25, 0.3) is 0 Å². The second-order valence-electron chi connectivity index (χ2n) is 4.61. The highest BCUT2D eigenvalue weighted by atomic mass is 35.5. The molecule has 0 saturated heterocycles. The van der Waals surface area contributed by atoms with Gasteiger partial charge in [0.05, 0.1) is 11.6 Å². The first-order chi connectivity index (χ1) is 9.04. The van der Waals surface area contributed by atoms with Crippen molar-refractivity contribution in [3.8, 4) is 0 Å². The zero-order valence-electron chi connectivity index (χ0n) is 11.8. The number of anilines is 1. The van der Waals surface area contributed by atoms with E-state index in [1.807, 2.05) is 12.1 Å². The van der Waals surface area contributed by atoms with Gasteiger partial charge in [-0.3, -0.25) is 4.79 Å². The molecule has 0 aromatic heterocycles. The van der Waals surface area contributed by atoms with Crippen LogP contribution in [-0.4, -0.2) is 30.1 Å². The number of nitrogens with zero attached hydrogens (tertiary/aromatic N) is 1. The maximum atomic E-state index is 11.4. The second-order valence-corrected chi connectivity index (χ2v) is 5.01. The number of hydrogen-bond acceptors (Lipinski definition) is 3. The number of benzene rings is 1. The van der Waals surface area contributed by atoms with Gasteiger partial charge in [-0.25, -0.2) is 0 Å². The lowest BCUT2D eigenvalue weighted by atomic mass is 10.1. The smallest absolute Gasteiger partial charge is 0.161 e. The van der Waals surface area contributed by atoms with Gasteiger partial charge in [-0.15, -0.1) is 0 Å². The highest BCUT2D eigenvalue weighted by molar-refractivity contribution is 6.34. The summed E-state index contributed by atoms with van der Waals surface area (Å²) in [4.78, 5) is 13.5. The van der Waals surface area contributed by atoms with Crippen molar-refractivity contribution in [2.45, 2.75) is 39.7 Å². The number of aliphatic hydroxyl groups excluding tert-OH is 1. The van der Waals surface area contributed by atoms with E-state index in [9.17, 15) is 9.90 Å². The van der Waals surface area contributed by atoms with E-state index < -0.39 is 0 Å². The van der Waals surface area contributed by atoms with E-state index >= 15 is 0 Å². The number of halogens is 1. The zero-order chi connectivity index (χ0) is 14.4. The van der Waals surface area contributed by atoms with Crippen molar-refractivity contribution >= 4 is 23.1 Å². The summed E-state index contributed by atoms with van der Waals surface area (Å²) in [5, 5.41) is 9.69. The summed E-state index contributed by atoms with van der Waals surface area (Å²) >= 11 is 6.15. The molecule has 1 aromatic carbocycles. The van der Waals surface area contributed by atoms with E-state index in [4.69, 9.17) is 11.6 Å². The van der Waals surface area contributed by atoms with Crippen LogP contribution in [0.15, 0.2) is 18.2 Å². The summed E-state index contributed by atoms with van der Waals surface area (Å²) in [7, 11) is 0. The van der Waals surface area contributed by atoms with Crippen molar-refractivity contribution in [3.05, 3.63) is 28.8 Å². The highest BCUT2D eigenvalue weighted by Gasteiger charge is 2.17. The maximum Gasteiger partial charge on any atom is 0.161 e. The number of aliphatic hydroxyl groups is 1. The standard InChI is InChI=1S/C15H22ClNO2/c1-4-12(5-2)17(8-9-18)13-6-7-14(11(3)19)15(16)10-13/h6-7,10,12,18H,4-5,8-9H2,1-3H3. The second kappa shape index (κ2) is 7.51. The Morgan fingerprint density at radius 2 is 2.00 bits per heavy atom. The summed E-state index contributed by atoms with van der Waals surface area (Å²) in [5.74, 6) is -0.0345. The van der Waals surface area contributed by atoms with Crippen molar-refractivity contribution in [1.82, 2.24) is 0 Å². The van der Waals surface area contributed by atoms with Gasteiger partial charge in [0.1, 0.15) is 0 Å². The molecule has 0 unspecified atom stereocenters. The molecule has 0 saturated carbocycles. The van der Waals surface area contributed by atoms with Gasteiger partial charge in [0, 0.05) is 23.8 Å². The largest absolute Gasteiger partial charge is 0.395 e. The quantitative estimate of drug-likeness (QED) is 0.778.